The minimum atomic E-state index is -0.398. The van der Waals surface area contributed by atoms with Gasteiger partial charge in [-0.2, -0.15) is 0 Å². The Morgan fingerprint density at radius 3 is 1.93 bits per heavy atom. The molecule has 0 aliphatic heterocycles. The second-order valence-electron chi connectivity index (χ2n) is 8.49. The molecule has 168 valence electrons. The lowest BCUT2D eigenvalue weighted by Crippen LogP contribution is -2.34. The van der Waals surface area contributed by atoms with E-state index in [1.54, 1.807) is 0 Å². The van der Waals surface area contributed by atoms with Crippen LogP contribution in [0, 0.1) is 17.8 Å². The summed E-state index contributed by atoms with van der Waals surface area (Å²) in [5.41, 5.74) is 0. The average molecular weight is 409 g/mol. The fourth-order valence-electron chi connectivity index (χ4n) is 3.88. The molecule has 0 amide bonds. The minimum Gasteiger partial charge on any atom is -0.465 e. The van der Waals surface area contributed by atoms with Gasteiger partial charge in [0.25, 0.3) is 0 Å². The third-order valence-electron chi connectivity index (χ3n) is 6.03. The smallest absolute Gasteiger partial charge is 0.310 e. The summed E-state index contributed by atoms with van der Waals surface area (Å²) in [6.45, 7) is 7.47. The SMILES string of the molecule is CCCCCCCCCOC(=O)C1CC=CCC1C(=O)OCC(CC)CCCC. The number of unbranched alkanes of at least 4 members (excludes halogenated alkanes) is 7. The predicted octanol–water partition coefficient (Wildman–Crippen LogP) is 6.62. The van der Waals surface area contributed by atoms with Crippen molar-refractivity contribution in [2.24, 2.45) is 17.8 Å². The number of hydrogen-bond donors (Lipinski definition) is 0. The van der Waals surface area contributed by atoms with Gasteiger partial charge in [-0.3, -0.25) is 9.59 Å². The first-order valence-electron chi connectivity index (χ1n) is 12.1. The van der Waals surface area contributed by atoms with E-state index in [4.69, 9.17) is 9.47 Å². The minimum absolute atomic E-state index is 0.234. The third-order valence-corrected chi connectivity index (χ3v) is 6.03. The molecule has 0 aromatic heterocycles. The summed E-state index contributed by atoms with van der Waals surface area (Å²) in [6.07, 6.45) is 17.9. The molecule has 0 radical (unpaired) electrons. The Hall–Kier alpha value is -1.32. The number of allylic oxidation sites excluding steroid dienone is 2. The first-order valence-corrected chi connectivity index (χ1v) is 12.1. The number of hydrogen-bond acceptors (Lipinski definition) is 4. The van der Waals surface area contributed by atoms with Gasteiger partial charge < -0.3 is 9.47 Å². The van der Waals surface area contributed by atoms with E-state index in [1.807, 2.05) is 12.2 Å². The predicted molar refractivity (Wildman–Crippen MR) is 119 cm³/mol. The van der Waals surface area contributed by atoms with Crippen LogP contribution in [0.25, 0.3) is 0 Å². The van der Waals surface area contributed by atoms with E-state index in [-0.39, 0.29) is 11.9 Å². The van der Waals surface area contributed by atoms with Crippen LogP contribution in [-0.4, -0.2) is 25.2 Å². The van der Waals surface area contributed by atoms with Crippen LogP contribution >= 0.6 is 0 Å². The molecule has 0 spiro atoms. The maximum Gasteiger partial charge on any atom is 0.310 e. The summed E-state index contributed by atoms with van der Waals surface area (Å²) in [4.78, 5) is 25.2. The van der Waals surface area contributed by atoms with Crippen LogP contribution in [0.5, 0.6) is 0 Å². The highest BCUT2D eigenvalue weighted by Gasteiger charge is 2.36. The molecule has 0 fully saturated rings. The van der Waals surface area contributed by atoms with Crippen molar-refractivity contribution in [2.75, 3.05) is 13.2 Å². The molecule has 1 aliphatic rings. The molecule has 0 heterocycles. The highest BCUT2D eigenvalue weighted by Crippen LogP contribution is 2.28. The van der Waals surface area contributed by atoms with E-state index in [9.17, 15) is 9.59 Å². The molecule has 0 bridgehead atoms. The van der Waals surface area contributed by atoms with E-state index in [1.165, 1.54) is 32.1 Å². The van der Waals surface area contributed by atoms with Gasteiger partial charge in [0.15, 0.2) is 0 Å². The first kappa shape index (κ1) is 25.7. The largest absolute Gasteiger partial charge is 0.465 e. The standard InChI is InChI=1S/C25H44O4/c1-4-7-9-10-11-12-15-19-28-24(26)22-17-13-14-18-23(22)25(27)29-20-21(6-3)16-8-5-2/h13-14,21-23H,4-12,15-20H2,1-3H3. The van der Waals surface area contributed by atoms with Crippen molar-refractivity contribution in [3.05, 3.63) is 12.2 Å². The zero-order valence-corrected chi connectivity index (χ0v) is 19.1. The quantitative estimate of drug-likeness (QED) is 0.163. The van der Waals surface area contributed by atoms with Crippen LogP contribution in [0.2, 0.25) is 0 Å². The van der Waals surface area contributed by atoms with Crippen molar-refractivity contribution in [1.82, 2.24) is 0 Å². The molecular weight excluding hydrogens is 364 g/mol. The van der Waals surface area contributed by atoms with Crippen LogP contribution in [0.3, 0.4) is 0 Å². The van der Waals surface area contributed by atoms with Crippen molar-refractivity contribution in [3.63, 3.8) is 0 Å². The van der Waals surface area contributed by atoms with Crippen molar-refractivity contribution in [3.8, 4) is 0 Å². The topological polar surface area (TPSA) is 52.6 Å². The fraction of sp³-hybridized carbons (Fsp3) is 0.840. The monoisotopic (exact) mass is 408 g/mol. The van der Waals surface area contributed by atoms with Crippen LogP contribution in [0.4, 0.5) is 0 Å². The van der Waals surface area contributed by atoms with Gasteiger partial charge in [-0.1, -0.05) is 90.7 Å². The van der Waals surface area contributed by atoms with E-state index in [2.05, 4.69) is 20.8 Å². The second-order valence-corrected chi connectivity index (χ2v) is 8.49. The maximum absolute atomic E-state index is 12.6. The number of ether oxygens (including phenoxy) is 2. The Balaban J connectivity index is 2.35. The highest BCUT2D eigenvalue weighted by atomic mass is 16.5. The summed E-state index contributed by atoms with van der Waals surface area (Å²) in [5, 5.41) is 0. The molecular formula is C25H44O4. The van der Waals surface area contributed by atoms with Gasteiger partial charge >= 0.3 is 11.9 Å². The number of esters is 2. The van der Waals surface area contributed by atoms with Crippen LogP contribution in [-0.2, 0) is 19.1 Å². The van der Waals surface area contributed by atoms with E-state index >= 15 is 0 Å². The molecule has 0 saturated heterocycles. The average Bonchev–Trinajstić information content (AvgIpc) is 2.75. The fourth-order valence-corrected chi connectivity index (χ4v) is 3.88. The summed E-state index contributed by atoms with van der Waals surface area (Å²) in [7, 11) is 0. The van der Waals surface area contributed by atoms with E-state index in [0.29, 0.717) is 32.0 Å². The van der Waals surface area contributed by atoms with Crippen molar-refractivity contribution in [2.45, 2.75) is 104 Å². The number of carbonyl (C=O) groups is 2. The molecule has 0 aromatic carbocycles. The van der Waals surface area contributed by atoms with Gasteiger partial charge in [0.2, 0.25) is 0 Å². The van der Waals surface area contributed by atoms with Gasteiger partial charge in [0.05, 0.1) is 25.0 Å². The lowest BCUT2D eigenvalue weighted by molar-refractivity contribution is -0.162. The second kappa shape index (κ2) is 16.5. The molecule has 3 atom stereocenters. The normalized spacial score (nSPS) is 19.7. The zero-order valence-electron chi connectivity index (χ0n) is 19.1. The van der Waals surface area contributed by atoms with E-state index < -0.39 is 11.8 Å². The molecule has 4 nitrogen and oxygen atoms in total. The summed E-state index contributed by atoms with van der Waals surface area (Å²) in [6, 6.07) is 0. The van der Waals surface area contributed by atoms with Gasteiger partial charge in [-0.05, 0) is 31.6 Å². The Morgan fingerprint density at radius 2 is 1.34 bits per heavy atom. The van der Waals surface area contributed by atoms with Crippen LogP contribution < -0.4 is 0 Å². The Kier molecular flexibility index (Phi) is 14.6. The molecule has 3 unspecified atom stereocenters. The molecule has 4 heteroatoms. The number of carbonyl (C=O) groups excluding carboxylic acids is 2. The maximum atomic E-state index is 12.6. The summed E-state index contributed by atoms with van der Waals surface area (Å²) >= 11 is 0. The summed E-state index contributed by atoms with van der Waals surface area (Å²) in [5.74, 6) is -0.846. The lowest BCUT2D eigenvalue weighted by Gasteiger charge is -2.26. The summed E-state index contributed by atoms with van der Waals surface area (Å²) < 4.78 is 11.1. The molecule has 1 aliphatic carbocycles. The van der Waals surface area contributed by atoms with Crippen molar-refractivity contribution < 1.29 is 19.1 Å². The van der Waals surface area contributed by atoms with Crippen LogP contribution in [0.15, 0.2) is 12.2 Å². The first-order chi connectivity index (χ1) is 14.1. The van der Waals surface area contributed by atoms with Gasteiger partial charge in [-0.25, -0.2) is 0 Å². The molecule has 0 saturated carbocycles. The lowest BCUT2D eigenvalue weighted by atomic mass is 9.83. The van der Waals surface area contributed by atoms with Gasteiger partial charge in [-0.15, -0.1) is 0 Å². The molecule has 1 rings (SSSR count). The Bertz CT molecular complexity index is 471. The highest BCUT2D eigenvalue weighted by molar-refractivity contribution is 5.82. The number of rotatable bonds is 16. The van der Waals surface area contributed by atoms with Gasteiger partial charge in [0.1, 0.15) is 0 Å². The third kappa shape index (κ3) is 10.9. The Morgan fingerprint density at radius 1 is 0.793 bits per heavy atom. The van der Waals surface area contributed by atoms with Crippen molar-refractivity contribution >= 4 is 11.9 Å². The zero-order chi connectivity index (χ0) is 21.3. The van der Waals surface area contributed by atoms with E-state index in [0.717, 1.165) is 38.5 Å². The van der Waals surface area contributed by atoms with Crippen molar-refractivity contribution in [1.29, 1.82) is 0 Å². The molecule has 29 heavy (non-hydrogen) atoms. The molecule has 0 N–H and O–H groups in total. The molecule has 0 aromatic rings. The van der Waals surface area contributed by atoms with Crippen LogP contribution in [0.1, 0.15) is 104 Å². The van der Waals surface area contributed by atoms with Gasteiger partial charge in [0, 0.05) is 0 Å². The Labute approximate surface area is 178 Å².